The predicted molar refractivity (Wildman–Crippen MR) is 61.6 cm³/mol. The number of carbonyl (C=O) groups is 2. The number of benzene rings is 1. The van der Waals surface area contributed by atoms with Gasteiger partial charge >= 0.3 is 5.97 Å². The van der Waals surface area contributed by atoms with Gasteiger partial charge in [-0.05, 0) is 17.7 Å². The average molecular weight is 255 g/mol. The van der Waals surface area contributed by atoms with Gasteiger partial charge in [0.1, 0.15) is 5.75 Å². The maximum Gasteiger partial charge on any atom is 0.335 e. The second-order valence-corrected chi connectivity index (χ2v) is 4.47. The summed E-state index contributed by atoms with van der Waals surface area (Å²) >= 11 is 6.07. The number of carbonyl (C=O) groups excluding carboxylic acids is 2. The zero-order valence-electron chi connectivity index (χ0n) is 9.45. The van der Waals surface area contributed by atoms with Crippen LogP contribution in [-0.4, -0.2) is 30.8 Å². The first-order valence-electron chi connectivity index (χ1n) is 5.02. The minimum Gasteiger partial charge on any atom is -0.497 e. The van der Waals surface area contributed by atoms with Crippen molar-refractivity contribution in [1.29, 1.82) is 0 Å². The van der Waals surface area contributed by atoms with Crippen molar-refractivity contribution in [3.63, 3.8) is 0 Å². The number of alkyl halides is 1. The Labute approximate surface area is 103 Å². The van der Waals surface area contributed by atoms with Crippen LogP contribution in [0.4, 0.5) is 0 Å². The van der Waals surface area contributed by atoms with Crippen molar-refractivity contribution >= 4 is 23.4 Å². The van der Waals surface area contributed by atoms with E-state index in [0.29, 0.717) is 11.3 Å². The molecule has 0 N–H and O–H groups in total. The van der Waals surface area contributed by atoms with E-state index < -0.39 is 16.6 Å². The summed E-state index contributed by atoms with van der Waals surface area (Å²) in [7, 11) is 2.72. The van der Waals surface area contributed by atoms with Crippen molar-refractivity contribution in [2.45, 2.75) is 11.3 Å². The van der Waals surface area contributed by atoms with Gasteiger partial charge in [0.2, 0.25) is 4.87 Å². The van der Waals surface area contributed by atoms with Gasteiger partial charge in [-0.2, -0.15) is 0 Å². The van der Waals surface area contributed by atoms with E-state index in [9.17, 15) is 9.59 Å². The fraction of sp³-hybridized carbons (Fsp3) is 0.333. The van der Waals surface area contributed by atoms with Crippen LogP contribution >= 0.6 is 11.6 Å². The Bertz CT molecular complexity index is 497. The van der Waals surface area contributed by atoms with E-state index in [0.717, 1.165) is 5.56 Å². The van der Waals surface area contributed by atoms with E-state index in [1.165, 1.54) is 14.2 Å². The lowest BCUT2D eigenvalue weighted by Crippen LogP contribution is -2.39. The van der Waals surface area contributed by atoms with E-state index in [4.69, 9.17) is 16.3 Å². The number of rotatable bonds is 2. The van der Waals surface area contributed by atoms with Crippen molar-refractivity contribution in [3.05, 3.63) is 29.3 Å². The van der Waals surface area contributed by atoms with Gasteiger partial charge in [-0.15, -0.1) is 0 Å². The molecule has 0 unspecified atom stereocenters. The molecule has 0 fully saturated rings. The molecule has 0 saturated carbocycles. The molecule has 5 heteroatoms. The monoisotopic (exact) mass is 254 g/mol. The number of ether oxygens (including phenoxy) is 2. The van der Waals surface area contributed by atoms with Crippen LogP contribution in [0, 0.1) is 0 Å². The summed E-state index contributed by atoms with van der Waals surface area (Å²) in [4.78, 5) is 22.0. The maximum atomic E-state index is 12.1. The van der Waals surface area contributed by atoms with E-state index in [-0.39, 0.29) is 6.42 Å². The van der Waals surface area contributed by atoms with E-state index in [1.807, 2.05) is 0 Å². The Kier molecular flexibility index (Phi) is 2.83. The van der Waals surface area contributed by atoms with Gasteiger partial charge in [0.25, 0.3) is 0 Å². The third-order valence-electron chi connectivity index (χ3n) is 2.86. The summed E-state index contributed by atoms with van der Waals surface area (Å²) < 4.78 is 9.60. The van der Waals surface area contributed by atoms with Crippen LogP contribution in [0.5, 0.6) is 5.75 Å². The lowest BCUT2D eigenvalue weighted by atomic mass is 10.0. The molecule has 1 aromatic carbocycles. The molecule has 0 heterocycles. The molecule has 0 aliphatic heterocycles. The van der Waals surface area contributed by atoms with E-state index in [2.05, 4.69) is 4.74 Å². The normalized spacial score (nSPS) is 22.2. The average Bonchev–Trinajstić information content (AvgIpc) is 2.61. The van der Waals surface area contributed by atoms with Crippen molar-refractivity contribution < 1.29 is 19.1 Å². The SMILES string of the molecule is COC(=O)[C@@]1(Cl)Cc2ccc(OC)cc2C1=O. The number of fused-ring (bicyclic) bond motifs is 1. The zero-order valence-corrected chi connectivity index (χ0v) is 10.2. The molecule has 2 rings (SSSR count). The second-order valence-electron chi connectivity index (χ2n) is 3.82. The first kappa shape index (κ1) is 11.9. The topological polar surface area (TPSA) is 52.6 Å². The van der Waals surface area contributed by atoms with E-state index >= 15 is 0 Å². The van der Waals surface area contributed by atoms with Crippen molar-refractivity contribution in [2.75, 3.05) is 14.2 Å². The molecule has 0 aromatic heterocycles. The van der Waals surface area contributed by atoms with Crippen LogP contribution in [0.1, 0.15) is 15.9 Å². The molecule has 0 amide bonds. The third-order valence-corrected chi connectivity index (χ3v) is 3.32. The minimum atomic E-state index is -1.62. The highest BCUT2D eigenvalue weighted by Crippen LogP contribution is 2.37. The highest BCUT2D eigenvalue weighted by Gasteiger charge is 2.51. The summed E-state index contributed by atoms with van der Waals surface area (Å²) in [6.07, 6.45) is 0.152. The summed E-state index contributed by atoms with van der Waals surface area (Å²) in [5, 5.41) is 0. The van der Waals surface area contributed by atoms with Crippen molar-refractivity contribution in [1.82, 2.24) is 0 Å². The number of ketones is 1. The fourth-order valence-electron chi connectivity index (χ4n) is 1.93. The molecule has 0 radical (unpaired) electrons. The van der Waals surface area contributed by atoms with Gasteiger partial charge in [-0.1, -0.05) is 17.7 Å². The maximum absolute atomic E-state index is 12.1. The van der Waals surface area contributed by atoms with Gasteiger partial charge in [-0.25, -0.2) is 4.79 Å². The fourth-order valence-corrected chi connectivity index (χ4v) is 2.25. The predicted octanol–water partition coefficient (Wildman–Crippen LogP) is 1.58. The van der Waals surface area contributed by atoms with Crippen molar-refractivity contribution in [2.24, 2.45) is 0 Å². The van der Waals surface area contributed by atoms with Crippen LogP contribution < -0.4 is 4.74 Å². The lowest BCUT2D eigenvalue weighted by molar-refractivity contribution is -0.142. The minimum absolute atomic E-state index is 0.152. The number of Topliss-reactive ketones (excluding diaryl/α,β-unsaturated/α-hetero) is 1. The number of hydrogen-bond donors (Lipinski definition) is 0. The largest absolute Gasteiger partial charge is 0.497 e. The summed E-state index contributed by atoms with van der Waals surface area (Å²) in [5.41, 5.74) is 1.15. The second kappa shape index (κ2) is 4.04. The van der Waals surface area contributed by atoms with Gasteiger partial charge in [0.15, 0.2) is 5.78 Å². The molecule has 0 spiro atoms. The molecule has 1 aromatic rings. The first-order valence-corrected chi connectivity index (χ1v) is 5.40. The smallest absolute Gasteiger partial charge is 0.335 e. The standard InChI is InChI=1S/C12H11ClO4/c1-16-8-4-3-7-6-12(13,11(15)17-2)10(14)9(7)5-8/h3-5H,6H2,1-2H3/t12-/m1/s1. The Morgan fingerprint density at radius 3 is 2.71 bits per heavy atom. The summed E-state index contributed by atoms with van der Waals surface area (Å²) in [6.45, 7) is 0. The molecule has 17 heavy (non-hydrogen) atoms. The number of halogens is 1. The quantitative estimate of drug-likeness (QED) is 0.457. The molecular formula is C12H11ClO4. The van der Waals surface area contributed by atoms with Gasteiger partial charge in [0, 0.05) is 12.0 Å². The summed E-state index contributed by atoms with van der Waals surface area (Å²) in [5.74, 6) is -0.595. The van der Waals surface area contributed by atoms with Gasteiger partial charge in [-0.3, -0.25) is 4.79 Å². The molecular weight excluding hydrogens is 244 g/mol. The van der Waals surface area contributed by atoms with Crippen LogP contribution in [0.3, 0.4) is 0 Å². The summed E-state index contributed by atoms with van der Waals surface area (Å²) in [6, 6.07) is 5.05. The van der Waals surface area contributed by atoms with Crippen LogP contribution in [0.2, 0.25) is 0 Å². The van der Waals surface area contributed by atoms with Crippen LogP contribution in [0.15, 0.2) is 18.2 Å². The Morgan fingerprint density at radius 1 is 1.41 bits per heavy atom. The number of methoxy groups -OCH3 is 2. The zero-order chi connectivity index (χ0) is 12.6. The molecule has 1 aliphatic carbocycles. The molecule has 1 atom stereocenters. The molecule has 0 saturated heterocycles. The molecule has 90 valence electrons. The Morgan fingerprint density at radius 2 is 2.12 bits per heavy atom. The highest BCUT2D eigenvalue weighted by atomic mass is 35.5. The highest BCUT2D eigenvalue weighted by molar-refractivity contribution is 6.49. The molecule has 1 aliphatic rings. The molecule has 4 nitrogen and oxygen atoms in total. The lowest BCUT2D eigenvalue weighted by Gasteiger charge is -2.15. The number of hydrogen-bond acceptors (Lipinski definition) is 4. The van der Waals surface area contributed by atoms with Crippen LogP contribution in [0.25, 0.3) is 0 Å². The van der Waals surface area contributed by atoms with Crippen molar-refractivity contribution in [3.8, 4) is 5.75 Å². The molecule has 0 bridgehead atoms. The first-order chi connectivity index (χ1) is 8.02. The van der Waals surface area contributed by atoms with E-state index in [1.54, 1.807) is 18.2 Å². The third kappa shape index (κ3) is 1.69. The van der Waals surface area contributed by atoms with Crippen LogP contribution in [-0.2, 0) is 16.0 Å². The Hall–Kier alpha value is -1.55. The van der Waals surface area contributed by atoms with Gasteiger partial charge in [0.05, 0.1) is 14.2 Å². The number of esters is 1. The Balaban J connectivity index is 2.45. The van der Waals surface area contributed by atoms with Gasteiger partial charge < -0.3 is 9.47 Å².